The van der Waals surface area contributed by atoms with Crippen molar-refractivity contribution < 1.29 is 4.42 Å². The summed E-state index contributed by atoms with van der Waals surface area (Å²) in [4.78, 5) is 0. The number of hydrogen-bond donors (Lipinski definition) is 1. The molecule has 0 saturated heterocycles. The molecule has 0 aliphatic carbocycles. The largest absolute Gasteiger partial charge is 0.465 e. The first-order valence-corrected chi connectivity index (χ1v) is 5.33. The van der Waals surface area contributed by atoms with Gasteiger partial charge in [-0.1, -0.05) is 6.08 Å². The van der Waals surface area contributed by atoms with Crippen molar-refractivity contribution >= 4 is 6.08 Å². The number of rotatable bonds is 6. The van der Waals surface area contributed by atoms with E-state index in [4.69, 9.17) is 4.42 Å². The van der Waals surface area contributed by atoms with E-state index < -0.39 is 0 Å². The summed E-state index contributed by atoms with van der Waals surface area (Å²) in [5, 5.41) is 7.42. The van der Waals surface area contributed by atoms with Gasteiger partial charge in [-0.05, 0) is 24.3 Å². The van der Waals surface area contributed by atoms with E-state index in [0.717, 1.165) is 25.4 Å². The molecule has 2 rings (SSSR count). The van der Waals surface area contributed by atoms with Crippen LogP contribution in [0.1, 0.15) is 5.76 Å². The molecule has 0 saturated carbocycles. The number of aromatic nitrogens is 2. The molecule has 2 aromatic rings. The van der Waals surface area contributed by atoms with Gasteiger partial charge in [0, 0.05) is 25.5 Å². The molecule has 16 heavy (non-hydrogen) atoms. The molecular weight excluding hydrogens is 202 g/mol. The second-order valence-corrected chi connectivity index (χ2v) is 3.39. The van der Waals surface area contributed by atoms with Crippen LogP contribution in [-0.2, 0) is 6.54 Å². The molecule has 4 nitrogen and oxygen atoms in total. The molecule has 0 radical (unpaired) electrons. The van der Waals surface area contributed by atoms with Crippen LogP contribution in [0, 0.1) is 0 Å². The highest BCUT2D eigenvalue weighted by Gasteiger charge is 1.89. The molecule has 0 unspecified atom stereocenters. The van der Waals surface area contributed by atoms with Crippen LogP contribution in [0.3, 0.4) is 0 Å². The maximum atomic E-state index is 5.17. The lowest BCUT2D eigenvalue weighted by Gasteiger charge is -2.01. The summed E-state index contributed by atoms with van der Waals surface area (Å²) in [5.41, 5.74) is 0. The Morgan fingerprint density at radius 2 is 2.44 bits per heavy atom. The Balaban J connectivity index is 1.59. The van der Waals surface area contributed by atoms with Gasteiger partial charge < -0.3 is 9.73 Å². The second kappa shape index (κ2) is 5.92. The van der Waals surface area contributed by atoms with Gasteiger partial charge in [-0.3, -0.25) is 4.68 Å². The van der Waals surface area contributed by atoms with E-state index in [0.29, 0.717) is 0 Å². The molecule has 84 valence electrons. The van der Waals surface area contributed by atoms with Gasteiger partial charge in [-0.15, -0.1) is 0 Å². The Labute approximate surface area is 94.6 Å². The first-order chi connectivity index (χ1) is 7.95. The van der Waals surface area contributed by atoms with Crippen LogP contribution >= 0.6 is 0 Å². The Hall–Kier alpha value is -1.81. The molecule has 0 fully saturated rings. The first kappa shape index (κ1) is 10.7. The van der Waals surface area contributed by atoms with Crippen molar-refractivity contribution in [2.45, 2.75) is 6.54 Å². The predicted octanol–water partition coefficient (Wildman–Crippen LogP) is 1.78. The molecule has 0 aliphatic rings. The van der Waals surface area contributed by atoms with E-state index >= 15 is 0 Å². The molecule has 0 bridgehead atoms. The average Bonchev–Trinajstić information content (AvgIpc) is 2.96. The fourth-order valence-corrected chi connectivity index (χ4v) is 1.37. The van der Waals surface area contributed by atoms with Crippen molar-refractivity contribution in [2.75, 3.05) is 13.1 Å². The summed E-state index contributed by atoms with van der Waals surface area (Å²) in [6.07, 6.45) is 9.42. The Bertz CT molecular complexity index is 403. The van der Waals surface area contributed by atoms with Crippen LogP contribution in [0.15, 0.2) is 47.3 Å². The smallest absolute Gasteiger partial charge is 0.126 e. The number of nitrogens with zero attached hydrogens (tertiary/aromatic N) is 2. The van der Waals surface area contributed by atoms with Gasteiger partial charge in [-0.25, -0.2) is 0 Å². The van der Waals surface area contributed by atoms with E-state index in [1.807, 2.05) is 41.2 Å². The molecule has 1 N–H and O–H groups in total. The molecule has 0 spiro atoms. The minimum absolute atomic E-state index is 0.835. The fourth-order valence-electron chi connectivity index (χ4n) is 1.37. The summed E-state index contributed by atoms with van der Waals surface area (Å²) in [5.74, 6) is 0.883. The molecule has 4 heteroatoms. The van der Waals surface area contributed by atoms with E-state index in [9.17, 15) is 0 Å². The van der Waals surface area contributed by atoms with E-state index in [2.05, 4.69) is 10.4 Å². The van der Waals surface area contributed by atoms with E-state index in [1.54, 1.807) is 12.5 Å². The van der Waals surface area contributed by atoms with Crippen LogP contribution in [0.25, 0.3) is 6.08 Å². The van der Waals surface area contributed by atoms with Gasteiger partial charge in [0.2, 0.25) is 0 Å². The molecular formula is C12H15N3O. The third kappa shape index (κ3) is 3.40. The standard InChI is InChI=1S/C12H15N3O/c1(4-12-5-2-11-16-12)6-13-8-10-15-9-3-7-14-15/h1-5,7,9,11,13H,6,8,10H2/b4-1+. The van der Waals surface area contributed by atoms with Crippen molar-refractivity contribution in [3.05, 3.63) is 48.7 Å². The monoisotopic (exact) mass is 217 g/mol. The molecule has 2 aromatic heterocycles. The predicted molar refractivity (Wildman–Crippen MR) is 62.8 cm³/mol. The molecule has 2 heterocycles. The summed E-state index contributed by atoms with van der Waals surface area (Å²) < 4.78 is 7.08. The van der Waals surface area contributed by atoms with Crippen LogP contribution in [-0.4, -0.2) is 22.9 Å². The van der Waals surface area contributed by atoms with E-state index in [1.165, 1.54) is 0 Å². The SMILES string of the molecule is C(=C\c1ccco1)/CNCCn1cccn1. The fraction of sp³-hybridized carbons (Fsp3) is 0.250. The lowest BCUT2D eigenvalue weighted by molar-refractivity contribution is 0.556. The van der Waals surface area contributed by atoms with Crippen LogP contribution in [0.4, 0.5) is 0 Å². The van der Waals surface area contributed by atoms with Crippen molar-refractivity contribution in [1.29, 1.82) is 0 Å². The number of hydrogen-bond acceptors (Lipinski definition) is 3. The number of furan rings is 1. The van der Waals surface area contributed by atoms with Gasteiger partial charge in [0.1, 0.15) is 5.76 Å². The van der Waals surface area contributed by atoms with Crippen molar-refractivity contribution in [3.63, 3.8) is 0 Å². The van der Waals surface area contributed by atoms with Crippen LogP contribution in [0.5, 0.6) is 0 Å². The average molecular weight is 217 g/mol. The summed E-state index contributed by atoms with van der Waals surface area (Å²) in [7, 11) is 0. The molecule has 0 atom stereocenters. The van der Waals surface area contributed by atoms with Crippen LogP contribution < -0.4 is 5.32 Å². The van der Waals surface area contributed by atoms with Gasteiger partial charge in [0.05, 0.1) is 12.8 Å². The molecule has 0 amide bonds. The van der Waals surface area contributed by atoms with Gasteiger partial charge in [0.25, 0.3) is 0 Å². The van der Waals surface area contributed by atoms with Crippen molar-refractivity contribution in [2.24, 2.45) is 0 Å². The minimum Gasteiger partial charge on any atom is -0.465 e. The third-order valence-corrected chi connectivity index (χ3v) is 2.16. The second-order valence-electron chi connectivity index (χ2n) is 3.39. The summed E-state index contributed by atoms with van der Waals surface area (Å²) in [6.45, 7) is 2.63. The lowest BCUT2D eigenvalue weighted by Crippen LogP contribution is -2.20. The quantitative estimate of drug-likeness (QED) is 0.750. The molecule has 0 aromatic carbocycles. The van der Waals surface area contributed by atoms with E-state index in [-0.39, 0.29) is 0 Å². The van der Waals surface area contributed by atoms with Gasteiger partial charge in [0.15, 0.2) is 0 Å². The summed E-state index contributed by atoms with van der Waals surface area (Å²) >= 11 is 0. The van der Waals surface area contributed by atoms with Gasteiger partial charge >= 0.3 is 0 Å². The highest BCUT2D eigenvalue weighted by atomic mass is 16.3. The summed E-state index contributed by atoms with van der Waals surface area (Å²) in [6, 6.07) is 5.74. The zero-order valence-electron chi connectivity index (χ0n) is 9.04. The van der Waals surface area contributed by atoms with Crippen molar-refractivity contribution in [1.82, 2.24) is 15.1 Å². The zero-order chi connectivity index (χ0) is 11.1. The highest BCUT2D eigenvalue weighted by molar-refractivity contribution is 5.42. The Morgan fingerprint density at radius 1 is 1.44 bits per heavy atom. The Morgan fingerprint density at radius 3 is 3.19 bits per heavy atom. The zero-order valence-corrected chi connectivity index (χ0v) is 9.04. The Kier molecular flexibility index (Phi) is 3.96. The normalized spacial score (nSPS) is 11.2. The topological polar surface area (TPSA) is 43.0 Å². The maximum absolute atomic E-state index is 5.17. The first-order valence-electron chi connectivity index (χ1n) is 5.33. The highest BCUT2D eigenvalue weighted by Crippen LogP contribution is 2.01. The lowest BCUT2D eigenvalue weighted by atomic mass is 10.4. The number of nitrogens with one attached hydrogen (secondary N) is 1. The van der Waals surface area contributed by atoms with Crippen LogP contribution in [0.2, 0.25) is 0 Å². The van der Waals surface area contributed by atoms with Gasteiger partial charge in [-0.2, -0.15) is 5.10 Å². The third-order valence-electron chi connectivity index (χ3n) is 2.16. The minimum atomic E-state index is 0.835. The molecule has 0 aliphatic heterocycles. The maximum Gasteiger partial charge on any atom is 0.126 e. The van der Waals surface area contributed by atoms with Crippen molar-refractivity contribution in [3.8, 4) is 0 Å².